The normalized spacial score (nSPS) is 17.6. The first-order valence-corrected chi connectivity index (χ1v) is 6.89. The van der Waals surface area contributed by atoms with E-state index in [-0.39, 0.29) is 18.4 Å². The molecule has 1 saturated carbocycles. The van der Waals surface area contributed by atoms with Gasteiger partial charge in [-0.05, 0) is 25.8 Å². The molecule has 5 nitrogen and oxygen atoms in total. The minimum Gasteiger partial charge on any atom is -0.476 e. The van der Waals surface area contributed by atoms with Crippen LogP contribution in [0.2, 0.25) is 0 Å². The summed E-state index contributed by atoms with van der Waals surface area (Å²) in [4.78, 5) is 27.7. The topological polar surface area (TPSA) is 65.5 Å². The maximum Gasteiger partial charge on any atom is 0.315 e. The third-order valence-corrected chi connectivity index (χ3v) is 3.61. The third-order valence-electron chi connectivity index (χ3n) is 3.61. The van der Waals surface area contributed by atoms with Crippen LogP contribution in [0, 0.1) is 5.41 Å². The van der Waals surface area contributed by atoms with Crippen molar-refractivity contribution in [2.24, 2.45) is 5.41 Å². The number of hydrogen-bond acceptors (Lipinski definition) is 5. The molecule has 1 aromatic heterocycles. The van der Waals surface area contributed by atoms with E-state index in [1.165, 1.54) is 0 Å². The summed E-state index contributed by atoms with van der Waals surface area (Å²) in [5, 5.41) is 0. The lowest BCUT2D eigenvalue weighted by atomic mass is 9.74. The van der Waals surface area contributed by atoms with E-state index in [0.717, 1.165) is 0 Å². The Morgan fingerprint density at radius 1 is 1.35 bits per heavy atom. The lowest BCUT2D eigenvalue weighted by Gasteiger charge is -2.33. The summed E-state index contributed by atoms with van der Waals surface area (Å²) in [5.74, 6) is 0.402. The number of rotatable bonds is 5. The summed E-state index contributed by atoms with van der Waals surface area (Å²) < 4.78 is 10.8. The Morgan fingerprint density at radius 2 is 2.10 bits per heavy atom. The summed E-state index contributed by atoms with van der Waals surface area (Å²) in [6, 6.07) is 5.36. The molecule has 1 aliphatic rings. The Morgan fingerprint density at radius 3 is 2.70 bits per heavy atom. The molecule has 2 rings (SSSR count). The van der Waals surface area contributed by atoms with Crippen LogP contribution >= 0.6 is 0 Å². The quantitative estimate of drug-likeness (QED) is 0.772. The Kier molecular flexibility index (Phi) is 4.71. The van der Waals surface area contributed by atoms with E-state index in [4.69, 9.17) is 9.47 Å². The number of aromatic nitrogens is 1. The van der Waals surface area contributed by atoms with E-state index >= 15 is 0 Å². The van der Waals surface area contributed by atoms with Gasteiger partial charge in [0.2, 0.25) is 5.88 Å². The zero-order chi connectivity index (χ0) is 14.4. The van der Waals surface area contributed by atoms with Crippen LogP contribution < -0.4 is 4.74 Å². The van der Waals surface area contributed by atoms with E-state index in [1.54, 1.807) is 25.3 Å². The van der Waals surface area contributed by atoms with Gasteiger partial charge in [-0.25, -0.2) is 4.98 Å². The average Bonchev–Trinajstić information content (AvgIpc) is 2.48. The van der Waals surface area contributed by atoms with Crippen molar-refractivity contribution >= 4 is 11.8 Å². The van der Waals surface area contributed by atoms with E-state index in [1.807, 2.05) is 6.07 Å². The molecule has 0 unspecified atom stereocenters. The maximum atomic E-state index is 12.2. The molecule has 0 saturated heterocycles. The molecule has 1 fully saturated rings. The molecule has 1 aliphatic carbocycles. The Hall–Kier alpha value is -1.91. The largest absolute Gasteiger partial charge is 0.476 e. The fourth-order valence-electron chi connectivity index (χ4n) is 2.34. The Labute approximate surface area is 118 Å². The van der Waals surface area contributed by atoms with Crippen LogP contribution in [0.4, 0.5) is 0 Å². The van der Waals surface area contributed by atoms with Crippen molar-refractivity contribution in [1.82, 2.24) is 4.98 Å². The SMILES string of the molecule is CCOC(=O)C1(COc2ccccn2)CCC(=O)CC1. The van der Waals surface area contributed by atoms with E-state index in [9.17, 15) is 9.59 Å². The van der Waals surface area contributed by atoms with Gasteiger partial charge in [0, 0.05) is 25.1 Å². The first-order valence-electron chi connectivity index (χ1n) is 6.89. The van der Waals surface area contributed by atoms with Crippen LogP contribution in [0.5, 0.6) is 5.88 Å². The van der Waals surface area contributed by atoms with Crippen molar-refractivity contribution in [3.05, 3.63) is 24.4 Å². The molecule has 0 amide bonds. The summed E-state index contributed by atoms with van der Waals surface area (Å²) in [7, 11) is 0. The van der Waals surface area contributed by atoms with Gasteiger partial charge in [0.25, 0.3) is 0 Å². The van der Waals surface area contributed by atoms with Gasteiger partial charge in [0.1, 0.15) is 17.8 Å². The molecule has 0 aromatic carbocycles. The van der Waals surface area contributed by atoms with Crippen LogP contribution in [0.15, 0.2) is 24.4 Å². The van der Waals surface area contributed by atoms with Crippen LogP contribution in [0.1, 0.15) is 32.6 Å². The fraction of sp³-hybridized carbons (Fsp3) is 0.533. The molecule has 1 aromatic rings. The Bertz CT molecular complexity index is 462. The predicted molar refractivity (Wildman–Crippen MR) is 72.3 cm³/mol. The number of Topliss-reactive ketones (excluding diaryl/α,β-unsaturated/α-hetero) is 1. The molecule has 5 heteroatoms. The number of carbonyl (C=O) groups is 2. The average molecular weight is 277 g/mol. The number of ether oxygens (including phenoxy) is 2. The number of nitrogens with zero attached hydrogens (tertiary/aromatic N) is 1. The van der Waals surface area contributed by atoms with Crippen molar-refractivity contribution in [3.8, 4) is 5.88 Å². The second-order valence-corrected chi connectivity index (χ2v) is 5.00. The minimum atomic E-state index is -0.721. The van der Waals surface area contributed by atoms with Gasteiger partial charge < -0.3 is 9.47 Å². The van der Waals surface area contributed by atoms with Crippen LogP contribution in [0.25, 0.3) is 0 Å². The first kappa shape index (κ1) is 14.5. The van der Waals surface area contributed by atoms with Gasteiger partial charge >= 0.3 is 5.97 Å². The highest BCUT2D eigenvalue weighted by molar-refractivity contribution is 5.84. The molecule has 0 aliphatic heterocycles. The second-order valence-electron chi connectivity index (χ2n) is 5.00. The number of esters is 1. The van der Waals surface area contributed by atoms with Crippen molar-refractivity contribution in [3.63, 3.8) is 0 Å². The molecule has 1 heterocycles. The molecule has 0 N–H and O–H groups in total. The molecule has 108 valence electrons. The number of pyridine rings is 1. The van der Waals surface area contributed by atoms with E-state index in [0.29, 0.717) is 38.2 Å². The first-order chi connectivity index (χ1) is 9.66. The molecule has 0 spiro atoms. The van der Waals surface area contributed by atoms with Crippen molar-refractivity contribution < 1.29 is 19.1 Å². The van der Waals surface area contributed by atoms with Gasteiger partial charge in [0.05, 0.1) is 6.61 Å². The van der Waals surface area contributed by atoms with E-state index in [2.05, 4.69) is 4.98 Å². The monoisotopic (exact) mass is 277 g/mol. The maximum absolute atomic E-state index is 12.2. The summed E-state index contributed by atoms with van der Waals surface area (Å²) in [6.07, 6.45) is 3.42. The molecule has 0 radical (unpaired) electrons. The number of hydrogen-bond donors (Lipinski definition) is 0. The highest BCUT2D eigenvalue weighted by atomic mass is 16.5. The molecule has 20 heavy (non-hydrogen) atoms. The predicted octanol–water partition coefficient (Wildman–Crippen LogP) is 2.15. The fourth-order valence-corrected chi connectivity index (χ4v) is 2.34. The van der Waals surface area contributed by atoms with Gasteiger partial charge in [-0.2, -0.15) is 0 Å². The highest BCUT2D eigenvalue weighted by Crippen LogP contribution is 2.36. The van der Waals surface area contributed by atoms with Crippen LogP contribution in [0.3, 0.4) is 0 Å². The summed E-state index contributed by atoms with van der Waals surface area (Å²) in [5.41, 5.74) is -0.721. The van der Waals surface area contributed by atoms with Crippen LogP contribution in [-0.2, 0) is 14.3 Å². The summed E-state index contributed by atoms with van der Waals surface area (Å²) in [6.45, 7) is 2.31. The van der Waals surface area contributed by atoms with Crippen LogP contribution in [-0.4, -0.2) is 30.0 Å². The second kappa shape index (κ2) is 6.50. The standard InChI is InChI=1S/C15H19NO4/c1-2-19-14(18)15(8-6-12(17)7-9-15)11-20-13-5-3-4-10-16-13/h3-5,10H,2,6-9,11H2,1H3. The van der Waals surface area contributed by atoms with Crippen molar-refractivity contribution in [1.29, 1.82) is 0 Å². The zero-order valence-corrected chi connectivity index (χ0v) is 11.6. The van der Waals surface area contributed by atoms with Gasteiger partial charge in [-0.15, -0.1) is 0 Å². The Balaban J connectivity index is 2.06. The minimum absolute atomic E-state index is 0.197. The number of carbonyl (C=O) groups excluding carboxylic acids is 2. The third kappa shape index (κ3) is 3.35. The zero-order valence-electron chi connectivity index (χ0n) is 11.6. The van der Waals surface area contributed by atoms with E-state index < -0.39 is 5.41 Å². The lowest BCUT2D eigenvalue weighted by molar-refractivity contribution is -0.160. The van der Waals surface area contributed by atoms with Crippen molar-refractivity contribution in [2.75, 3.05) is 13.2 Å². The lowest BCUT2D eigenvalue weighted by Crippen LogP contribution is -2.42. The number of ketones is 1. The molecular weight excluding hydrogens is 258 g/mol. The molecular formula is C15H19NO4. The van der Waals surface area contributed by atoms with Gasteiger partial charge in [-0.3, -0.25) is 9.59 Å². The van der Waals surface area contributed by atoms with Gasteiger partial charge in [0.15, 0.2) is 0 Å². The summed E-state index contributed by atoms with van der Waals surface area (Å²) >= 11 is 0. The highest BCUT2D eigenvalue weighted by Gasteiger charge is 2.43. The smallest absolute Gasteiger partial charge is 0.315 e. The van der Waals surface area contributed by atoms with Gasteiger partial charge in [-0.1, -0.05) is 6.07 Å². The molecule has 0 atom stereocenters. The van der Waals surface area contributed by atoms with Crippen molar-refractivity contribution in [2.45, 2.75) is 32.6 Å². The molecule has 0 bridgehead atoms.